The number of hydrogen-bond donors (Lipinski definition) is 2. The second-order valence-electron chi connectivity index (χ2n) is 4.76. The van der Waals surface area contributed by atoms with Crippen LogP contribution in [0.15, 0.2) is 24.3 Å². The molecule has 2 rings (SSSR count). The van der Waals surface area contributed by atoms with E-state index in [4.69, 9.17) is 5.73 Å². The maximum atomic E-state index is 11.8. The van der Waals surface area contributed by atoms with Crippen molar-refractivity contribution in [3.05, 3.63) is 24.3 Å². The summed E-state index contributed by atoms with van der Waals surface area (Å²) in [5.74, 6) is -1.06. The zero-order valence-corrected chi connectivity index (χ0v) is 11.3. The summed E-state index contributed by atoms with van der Waals surface area (Å²) in [5, 5.41) is 2.73. The number of rotatable bonds is 4. The van der Waals surface area contributed by atoms with Crippen molar-refractivity contribution in [2.24, 2.45) is 11.7 Å². The van der Waals surface area contributed by atoms with Crippen LogP contribution in [0.3, 0.4) is 0 Å². The summed E-state index contributed by atoms with van der Waals surface area (Å²) in [6.07, 6.45) is 0.566. The number of nitrogens with zero attached hydrogens (tertiary/aromatic N) is 1. The zero-order chi connectivity index (χ0) is 14.7. The van der Waals surface area contributed by atoms with E-state index < -0.39 is 11.8 Å². The summed E-state index contributed by atoms with van der Waals surface area (Å²) >= 11 is 0. The van der Waals surface area contributed by atoms with E-state index in [-0.39, 0.29) is 18.2 Å². The SMILES string of the molecule is CCC(=O)Nc1ccc(N2C[C@@H](C(N)=O)CC2=O)cc1. The Bertz CT molecular complexity index is 539. The number of nitrogens with one attached hydrogen (secondary N) is 1. The van der Waals surface area contributed by atoms with Crippen molar-refractivity contribution in [3.8, 4) is 0 Å². The second kappa shape index (κ2) is 5.73. The molecule has 0 spiro atoms. The Kier molecular flexibility index (Phi) is 4.02. The Morgan fingerprint density at radius 3 is 2.50 bits per heavy atom. The molecule has 0 saturated carbocycles. The van der Waals surface area contributed by atoms with Crippen LogP contribution in [0.2, 0.25) is 0 Å². The highest BCUT2D eigenvalue weighted by atomic mass is 16.2. The largest absolute Gasteiger partial charge is 0.369 e. The van der Waals surface area contributed by atoms with Crippen LogP contribution in [0.25, 0.3) is 0 Å². The number of hydrogen-bond acceptors (Lipinski definition) is 3. The monoisotopic (exact) mass is 275 g/mol. The molecule has 0 aromatic heterocycles. The number of anilines is 2. The first kappa shape index (κ1) is 14.0. The van der Waals surface area contributed by atoms with Crippen molar-refractivity contribution in [2.75, 3.05) is 16.8 Å². The molecule has 1 aromatic carbocycles. The molecule has 1 aliphatic rings. The zero-order valence-electron chi connectivity index (χ0n) is 11.3. The standard InChI is InChI=1S/C14H17N3O3/c1-2-12(18)16-10-3-5-11(6-4-10)17-8-9(14(15)20)7-13(17)19/h3-6,9H,2,7-8H2,1H3,(H2,15,20)(H,16,18)/t9-/m0/s1. The van der Waals surface area contributed by atoms with Gasteiger partial charge in [-0.1, -0.05) is 6.92 Å². The fourth-order valence-corrected chi connectivity index (χ4v) is 2.12. The quantitative estimate of drug-likeness (QED) is 0.854. The average molecular weight is 275 g/mol. The smallest absolute Gasteiger partial charge is 0.227 e. The molecule has 3 amide bonds. The minimum Gasteiger partial charge on any atom is -0.369 e. The first-order valence-corrected chi connectivity index (χ1v) is 6.51. The molecule has 0 aliphatic carbocycles. The van der Waals surface area contributed by atoms with Gasteiger partial charge in [-0.15, -0.1) is 0 Å². The van der Waals surface area contributed by atoms with E-state index in [1.54, 1.807) is 36.1 Å². The van der Waals surface area contributed by atoms with Crippen molar-refractivity contribution in [1.29, 1.82) is 0 Å². The predicted molar refractivity (Wildman–Crippen MR) is 75.0 cm³/mol. The summed E-state index contributed by atoms with van der Waals surface area (Å²) in [7, 11) is 0. The third-order valence-corrected chi connectivity index (χ3v) is 3.31. The van der Waals surface area contributed by atoms with Crippen molar-refractivity contribution in [3.63, 3.8) is 0 Å². The van der Waals surface area contributed by atoms with Gasteiger partial charge in [-0.3, -0.25) is 14.4 Å². The van der Waals surface area contributed by atoms with E-state index >= 15 is 0 Å². The summed E-state index contributed by atoms with van der Waals surface area (Å²) < 4.78 is 0. The van der Waals surface area contributed by atoms with Gasteiger partial charge in [0.2, 0.25) is 17.7 Å². The molecule has 3 N–H and O–H groups in total. The highest BCUT2D eigenvalue weighted by molar-refractivity contribution is 6.00. The van der Waals surface area contributed by atoms with E-state index in [0.717, 1.165) is 0 Å². The highest BCUT2D eigenvalue weighted by Crippen LogP contribution is 2.26. The number of primary amides is 1. The molecular formula is C14H17N3O3. The highest BCUT2D eigenvalue weighted by Gasteiger charge is 2.33. The van der Waals surface area contributed by atoms with Crippen LogP contribution in [-0.2, 0) is 14.4 Å². The van der Waals surface area contributed by atoms with Crippen LogP contribution in [0.4, 0.5) is 11.4 Å². The van der Waals surface area contributed by atoms with E-state index in [2.05, 4.69) is 5.32 Å². The lowest BCUT2D eigenvalue weighted by Crippen LogP contribution is -2.28. The Morgan fingerprint density at radius 2 is 2.00 bits per heavy atom. The Morgan fingerprint density at radius 1 is 1.35 bits per heavy atom. The van der Waals surface area contributed by atoms with Gasteiger partial charge in [0.15, 0.2) is 0 Å². The molecule has 1 aliphatic heterocycles. The molecule has 0 radical (unpaired) electrons. The minimum absolute atomic E-state index is 0.0659. The van der Waals surface area contributed by atoms with Crippen LogP contribution in [0.1, 0.15) is 19.8 Å². The topological polar surface area (TPSA) is 92.5 Å². The van der Waals surface area contributed by atoms with Gasteiger partial charge < -0.3 is 16.0 Å². The van der Waals surface area contributed by atoms with Crippen LogP contribution in [0, 0.1) is 5.92 Å². The van der Waals surface area contributed by atoms with Crippen LogP contribution < -0.4 is 16.0 Å². The number of amides is 3. The van der Waals surface area contributed by atoms with E-state index in [1.165, 1.54) is 0 Å². The summed E-state index contributed by atoms with van der Waals surface area (Å²) in [4.78, 5) is 35.8. The molecule has 1 saturated heterocycles. The Hall–Kier alpha value is -2.37. The van der Waals surface area contributed by atoms with Gasteiger partial charge in [-0.05, 0) is 24.3 Å². The molecule has 20 heavy (non-hydrogen) atoms. The van der Waals surface area contributed by atoms with E-state index in [1.807, 2.05) is 0 Å². The number of carbonyl (C=O) groups excluding carboxylic acids is 3. The normalized spacial score (nSPS) is 18.1. The molecule has 0 unspecified atom stereocenters. The molecule has 1 fully saturated rings. The van der Waals surface area contributed by atoms with Crippen molar-refractivity contribution >= 4 is 29.1 Å². The van der Waals surface area contributed by atoms with Crippen molar-refractivity contribution in [1.82, 2.24) is 0 Å². The fraction of sp³-hybridized carbons (Fsp3) is 0.357. The minimum atomic E-state index is -0.451. The molecule has 1 atom stereocenters. The molecule has 1 heterocycles. The molecule has 1 aromatic rings. The van der Waals surface area contributed by atoms with Gasteiger partial charge in [-0.2, -0.15) is 0 Å². The molecule has 106 valence electrons. The third kappa shape index (κ3) is 2.96. The lowest BCUT2D eigenvalue weighted by atomic mass is 10.1. The second-order valence-corrected chi connectivity index (χ2v) is 4.76. The van der Waals surface area contributed by atoms with E-state index in [9.17, 15) is 14.4 Å². The summed E-state index contributed by atoms with van der Waals surface area (Å²) in [6, 6.07) is 6.95. The third-order valence-electron chi connectivity index (χ3n) is 3.31. The van der Waals surface area contributed by atoms with Gasteiger partial charge in [0.1, 0.15) is 0 Å². The van der Waals surface area contributed by atoms with Crippen LogP contribution >= 0.6 is 0 Å². The van der Waals surface area contributed by atoms with Gasteiger partial charge in [0.25, 0.3) is 0 Å². The lowest BCUT2D eigenvalue weighted by Gasteiger charge is -2.16. The van der Waals surface area contributed by atoms with Crippen molar-refractivity contribution in [2.45, 2.75) is 19.8 Å². The lowest BCUT2D eigenvalue weighted by molar-refractivity contribution is -0.123. The first-order chi connectivity index (χ1) is 9.51. The summed E-state index contributed by atoms with van der Waals surface area (Å²) in [6.45, 7) is 2.09. The maximum absolute atomic E-state index is 11.8. The van der Waals surface area contributed by atoms with Crippen LogP contribution in [0.5, 0.6) is 0 Å². The first-order valence-electron chi connectivity index (χ1n) is 6.51. The number of benzene rings is 1. The van der Waals surface area contributed by atoms with Gasteiger partial charge in [0, 0.05) is 30.8 Å². The van der Waals surface area contributed by atoms with Crippen LogP contribution in [-0.4, -0.2) is 24.3 Å². The Labute approximate surface area is 116 Å². The van der Waals surface area contributed by atoms with Gasteiger partial charge >= 0.3 is 0 Å². The van der Waals surface area contributed by atoms with E-state index in [0.29, 0.717) is 24.3 Å². The molecular weight excluding hydrogens is 258 g/mol. The molecule has 0 bridgehead atoms. The van der Waals surface area contributed by atoms with Crippen molar-refractivity contribution < 1.29 is 14.4 Å². The van der Waals surface area contributed by atoms with Gasteiger partial charge in [-0.25, -0.2) is 0 Å². The van der Waals surface area contributed by atoms with Gasteiger partial charge in [0.05, 0.1) is 5.92 Å². The summed E-state index contributed by atoms with van der Waals surface area (Å²) in [5.41, 5.74) is 6.61. The number of carbonyl (C=O) groups is 3. The molecule has 6 heteroatoms. The Balaban J connectivity index is 2.08. The average Bonchev–Trinajstić information content (AvgIpc) is 2.82. The maximum Gasteiger partial charge on any atom is 0.227 e. The predicted octanol–water partition coefficient (Wildman–Crippen LogP) is 0.873. The number of nitrogens with two attached hydrogens (primary N) is 1. The molecule has 6 nitrogen and oxygen atoms in total. The fourth-order valence-electron chi connectivity index (χ4n) is 2.12.